The van der Waals surface area contributed by atoms with E-state index in [0.29, 0.717) is 0 Å². The van der Waals surface area contributed by atoms with Crippen molar-refractivity contribution < 1.29 is 13.2 Å². The molecule has 1 aromatic rings. The highest BCUT2D eigenvalue weighted by Gasteiger charge is 2.30. The van der Waals surface area contributed by atoms with Crippen molar-refractivity contribution in [3.05, 3.63) is 29.3 Å². The van der Waals surface area contributed by atoms with Crippen molar-refractivity contribution in [2.24, 2.45) is 0 Å². The largest absolute Gasteiger partial charge is 0.416 e. The zero-order valence-corrected chi connectivity index (χ0v) is 9.50. The molecule has 0 saturated heterocycles. The minimum absolute atomic E-state index is 0.560. The maximum atomic E-state index is 12.4. The molecule has 0 aliphatic carbocycles. The van der Waals surface area contributed by atoms with Crippen LogP contribution in [0.3, 0.4) is 0 Å². The highest BCUT2D eigenvalue weighted by molar-refractivity contribution is 7.99. The molecule has 0 radical (unpaired) electrons. The van der Waals surface area contributed by atoms with E-state index in [1.807, 2.05) is 13.8 Å². The Bertz CT molecular complexity index is 331. The number of hydrogen-bond acceptors (Lipinski definition) is 1. The minimum atomic E-state index is -4.24. The summed E-state index contributed by atoms with van der Waals surface area (Å²) in [6, 6.07) is 3.96. The van der Waals surface area contributed by atoms with Crippen LogP contribution >= 0.6 is 11.8 Å². The van der Waals surface area contributed by atoms with Crippen LogP contribution in [0.15, 0.2) is 23.1 Å². The fraction of sp³-hybridized carbons (Fsp3) is 0.455. The van der Waals surface area contributed by atoms with Crippen LogP contribution in [0.4, 0.5) is 13.2 Å². The fourth-order valence-corrected chi connectivity index (χ4v) is 2.23. The zero-order chi connectivity index (χ0) is 11.5. The van der Waals surface area contributed by atoms with Crippen molar-refractivity contribution >= 4 is 11.8 Å². The molecule has 0 bridgehead atoms. The van der Waals surface area contributed by atoms with Gasteiger partial charge in [-0.25, -0.2) is 0 Å². The van der Waals surface area contributed by atoms with Gasteiger partial charge in [-0.3, -0.25) is 0 Å². The lowest BCUT2D eigenvalue weighted by atomic mass is 10.1. The van der Waals surface area contributed by atoms with Crippen molar-refractivity contribution in [1.82, 2.24) is 0 Å². The van der Waals surface area contributed by atoms with Gasteiger partial charge in [0.1, 0.15) is 0 Å². The normalized spacial score (nSPS) is 11.8. The molecule has 84 valence electrons. The van der Waals surface area contributed by atoms with Gasteiger partial charge in [-0.2, -0.15) is 13.2 Å². The molecule has 15 heavy (non-hydrogen) atoms. The van der Waals surface area contributed by atoms with Gasteiger partial charge >= 0.3 is 6.18 Å². The monoisotopic (exact) mass is 234 g/mol. The molecule has 4 heteroatoms. The summed E-state index contributed by atoms with van der Waals surface area (Å²) in [7, 11) is 0. The molecule has 0 N–H and O–H groups in total. The molecule has 0 nitrogen and oxygen atoms in total. The molecular formula is C11H13F3S. The van der Waals surface area contributed by atoms with E-state index in [9.17, 15) is 13.2 Å². The number of hydrogen-bond donors (Lipinski definition) is 0. The predicted molar refractivity (Wildman–Crippen MR) is 57.2 cm³/mol. The smallest absolute Gasteiger partial charge is 0.166 e. The Morgan fingerprint density at radius 3 is 2.33 bits per heavy atom. The molecular weight excluding hydrogens is 221 g/mol. The maximum Gasteiger partial charge on any atom is 0.416 e. The summed E-state index contributed by atoms with van der Waals surface area (Å²) in [5, 5.41) is 0. The molecule has 0 aliphatic rings. The lowest BCUT2D eigenvalue weighted by Crippen LogP contribution is -2.05. The van der Waals surface area contributed by atoms with Crippen molar-refractivity contribution in [3.8, 4) is 0 Å². The molecule has 0 spiro atoms. The lowest BCUT2D eigenvalue weighted by molar-refractivity contribution is -0.137. The SMILES string of the molecule is CCSc1cc(C(F)(F)F)ccc1CC. The van der Waals surface area contributed by atoms with E-state index in [2.05, 4.69) is 0 Å². The fourth-order valence-electron chi connectivity index (χ4n) is 1.31. The molecule has 0 amide bonds. The van der Waals surface area contributed by atoms with Gasteiger partial charge < -0.3 is 0 Å². The van der Waals surface area contributed by atoms with Crippen molar-refractivity contribution in [3.63, 3.8) is 0 Å². The van der Waals surface area contributed by atoms with Gasteiger partial charge in [-0.05, 0) is 29.9 Å². The second-order valence-corrected chi connectivity index (χ2v) is 4.41. The van der Waals surface area contributed by atoms with E-state index in [1.54, 1.807) is 6.07 Å². The van der Waals surface area contributed by atoms with Crippen LogP contribution in [0.5, 0.6) is 0 Å². The van der Waals surface area contributed by atoms with Gasteiger partial charge in [0.05, 0.1) is 5.56 Å². The first-order valence-corrected chi connectivity index (χ1v) is 5.80. The number of benzene rings is 1. The zero-order valence-electron chi connectivity index (χ0n) is 8.69. The van der Waals surface area contributed by atoms with Crippen LogP contribution in [-0.4, -0.2) is 5.75 Å². The summed E-state index contributed by atoms with van der Waals surface area (Å²) in [6.45, 7) is 3.88. The number of rotatable bonds is 3. The van der Waals surface area contributed by atoms with Crippen LogP contribution in [0.2, 0.25) is 0 Å². The summed E-state index contributed by atoms with van der Waals surface area (Å²) in [4.78, 5) is 0.745. The Morgan fingerprint density at radius 2 is 1.87 bits per heavy atom. The highest BCUT2D eigenvalue weighted by Crippen LogP contribution is 2.33. The van der Waals surface area contributed by atoms with Crippen LogP contribution in [0.25, 0.3) is 0 Å². The van der Waals surface area contributed by atoms with Crippen molar-refractivity contribution in [2.75, 3.05) is 5.75 Å². The van der Waals surface area contributed by atoms with Crippen LogP contribution < -0.4 is 0 Å². The van der Waals surface area contributed by atoms with Gasteiger partial charge in [0.15, 0.2) is 0 Å². The Kier molecular flexibility index (Phi) is 4.08. The Hall–Kier alpha value is -0.640. The average Bonchev–Trinajstić information content (AvgIpc) is 2.17. The van der Waals surface area contributed by atoms with Crippen molar-refractivity contribution in [1.29, 1.82) is 0 Å². The molecule has 0 unspecified atom stereocenters. The summed E-state index contributed by atoms with van der Waals surface area (Å²) in [5.41, 5.74) is 0.422. The van der Waals surface area contributed by atoms with Gasteiger partial charge in [-0.1, -0.05) is 19.9 Å². The molecule has 1 rings (SSSR count). The van der Waals surface area contributed by atoms with E-state index in [4.69, 9.17) is 0 Å². The quantitative estimate of drug-likeness (QED) is 0.699. The third kappa shape index (κ3) is 3.16. The maximum absolute atomic E-state index is 12.4. The lowest BCUT2D eigenvalue weighted by Gasteiger charge is -2.11. The molecule has 0 saturated carbocycles. The van der Waals surface area contributed by atoms with Crippen LogP contribution in [0.1, 0.15) is 25.0 Å². The third-order valence-corrected chi connectivity index (χ3v) is 3.05. The van der Waals surface area contributed by atoms with Gasteiger partial charge in [0.25, 0.3) is 0 Å². The Balaban J connectivity index is 3.10. The second-order valence-electron chi connectivity index (χ2n) is 3.11. The van der Waals surface area contributed by atoms with Gasteiger partial charge in [0, 0.05) is 4.90 Å². The Labute approximate surface area is 91.9 Å². The van der Waals surface area contributed by atoms with E-state index < -0.39 is 11.7 Å². The first kappa shape index (κ1) is 12.4. The molecule has 1 aromatic carbocycles. The molecule has 0 fully saturated rings. The standard InChI is InChI=1S/C11H13F3S/c1-3-8-5-6-9(11(12,13)14)7-10(8)15-4-2/h5-7H,3-4H2,1-2H3. The number of halogens is 3. The van der Waals surface area contributed by atoms with E-state index in [1.165, 1.54) is 17.8 Å². The topological polar surface area (TPSA) is 0 Å². The highest BCUT2D eigenvalue weighted by atomic mass is 32.2. The molecule has 0 aromatic heterocycles. The van der Waals surface area contributed by atoms with Gasteiger partial charge in [-0.15, -0.1) is 11.8 Å². The molecule has 0 heterocycles. The number of thioether (sulfide) groups is 1. The van der Waals surface area contributed by atoms with E-state index >= 15 is 0 Å². The number of aryl methyl sites for hydroxylation is 1. The summed E-state index contributed by atoms with van der Waals surface area (Å²) < 4.78 is 37.3. The first-order valence-electron chi connectivity index (χ1n) is 4.82. The Morgan fingerprint density at radius 1 is 1.20 bits per heavy atom. The minimum Gasteiger partial charge on any atom is -0.166 e. The molecule has 0 atom stereocenters. The first-order chi connectivity index (χ1) is 6.99. The van der Waals surface area contributed by atoms with Crippen LogP contribution in [-0.2, 0) is 12.6 Å². The molecule has 0 aliphatic heterocycles. The van der Waals surface area contributed by atoms with Crippen molar-refractivity contribution in [2.45, 2.75) is 31.3 Å². The summed E-state index contributed by atoms with van der Waals surface area (Å²) >= 11 is 1.46. The average molecular weight is 234 g/mol. The van der Waals surface area contributed by atoms with Gasteiger partial charge in [0.2, 0.25) is 0 Å². The third-order valence-electron chi connectivity index (χ3n) is 2.08. The van der Waals surface area contributed by atoms with Crippen LogP contribution in [0, 0.1) is 0 Å². The van der Waals surface area contributed by atoms with E-state index in [0.717, 1.165) is 28.7 Å². The van der Waals surface area contributed by atoms with E-state index in [-0.39, 0.29) is 0 Å². The summed E-state index contributed by atoms with van der Waals surface area (Å²) in [5.74, 6) is 0.786. The predicted octanol–water partition coefficient (Wildman–Crippen LogP) is 4.38. The number of alkyl halides is 3. The summed E-state index contributed by atoms with van der Waals surface area (Å²) in [6.07, 6.45) is -3.48. The second kappa shape index (κ2) is 4.92.